The van der Waals surface area contributed by atoms with Crippen LogP contribution in [0.15, 0.2) is 29.2 Å². The second-order valence-corrected chi connectivity index (χ2v) is 8.08. The average molecular weight is 322 g/mol. The van der Waals surface area contributed by atoms with E-state index in [0.29, 0.717) is 24.6 Å². The Hall–Kier alpha value is -1.89. The van der Waals surface area contributed by atoms with Gasteiger partial charge in [0, 0.05) is 12.8 Å². The summed E-state index contributed by atoms with van der Waals surface area (Å²) in [5, 5.41) is 0. The summed E-state index contributed by atoms with van der Waals surface area (Å²) in [6.45, 7) is 2.67. The minimum Gasteiger partial charge on any atom is -0.312 e. The van der Waals surface area contributed by atoms with Crippen molar-refractivity contribution in [1.82, 2.24) is 4.90 Å². The Labute approximate surface area is 129 Å². The molecule has 0 unspecified atom stereocenters. The fourth-order valence-corrected chi connectivity index (χ4v) is 3.69. The summed E-state index contributed by atoms with van der Waals surface area (Å²) in [7, 11) is -3.30. The Kier molecular flexibility index (Phi) is 3.47. The number of urea groups is 1. The van der Waals surface area contributed by atoms with Crippen LogP contribution in [0.1, 0.15) is 19.8 Å². The first-order valence-corrected chi connectivity index (χ1v) is 9.13. The van der Waals surface area contributed by atoms with Gasteiger partial charge < -0.3 is 4.90 Å². The van der Waals surface area contributed by atoms with Gasteiger partial charge in [-0.2, -0.15) is 0 Å². The maximum absolute atomic E-state index is 12.5. The number of fused-ring (bicyclic) bond motifs is 1. The molecule has 2 atom stereocenters. The van der Waals surface area contributed by atoms with Gasteiger partial charge in [-0.15, -0.1) is 0 Å². The van der Waals surface area contributed by atoms with Crippen LogP contribution in [-0.2, 0) is 14.6 Å². The number of rotatable bonds is 2. The zero-order chi connectivity index (χ0) is 16.1. The Balaban J connectivity index is 1.92. The van der Waals surface area contributed by atoms with Crippen LogP contribution in [0.2, 0.25) is 0 Å². The van der Waals surface area contributed by atoms with Gasteiger partial charge >= 0.3 is 6.03 Å². The zero-order valence-corrected chi connectivity index (χ0v) is 13.3. The van der Waals surface area contributed by atoms with Gasteiger partial charge in [-0.05, 0) is 43.0 Å². The van der Waals surface area contributed by atoms with E-state index in [1.54, 1.807) is 4.90 Å². The molecule has 7 heteroatoms. The molecule has 1 aromatic rings. The lowest BCUT2D eigenvalue weighted by Gasteiger charge is -2.30. The molecule has 0 spiro atoms. The molecule has 3 rings (SSSR count). The van der Waals surface area contributed by atoms with Crippen LogP contribution in [0, 0.1) is 5.92 Å². The topological polar surface area (TPSA) is 74.8 Å². The van der Waals surface area contributed by atoms with Crippen molar-refractivity contribution < 1.29 is 18.0 Å². The molecule has 2 heterocycles. The molecule has 6 nitrogen and oxygen atoms in total. The fraction of sp³-hybridized carbons (Fsp3) is 0.467. The number of carbonyl (C=O) groups is 2. The molecule has 2 fully saturated rings. The average Bonchev–Trinajstić information content (AvgIpc) is 2.70. The van der Waals surface area contributed by atoms with Crippen LogP contribution in [0.3, 0.4) is 0 Å². The summed E-state index contributed by atoms with van der Waals surface area (Å²) in [4.78, 5) is 27.9. The molecule has 2 aliphatic rings. The maximum Gasteiger partial charge on any atom is 0.332 e. The van der Waals surface area contributed by atoms with Crippen molar-refractivity contribution in [3.63, 3.8) is 0 Å². The van der Waals surface area contributed by atoms with Crippen molar-refractivity contribution in [2.45, 2.75) is 30.7 Å². The maximum atomic E-state index is 12.5. The molecule has 2 saturated heterocycles. The molecule has 1 aromatic carbocycles. The van der Waals surface area contributed by atoms with Crippen LogP contribution < -0.4 is 4.90 Å². The summed E-state index contributed by atoms with van der Waals surface area (Å²) in [6.07, 6.45) is 2.70. The molecule has 0 saturated carbocycles. The number of nitrogens with zero attached hydrogens (tertiary/aromatic N) is 2. The largest absolute Gasteiger partial charge is 0.332 e. The van der Waals surface area contributed by atoms with E-state index in [1.165, 1.54) is 24.3 Å². The van der Waals surface area contributed by atoms with E-state index >= 15 is 0 Å². The van der Waals surface area contributed by atoms with Crippen LogP contribution >= 0.6 is 0 Å². The van der Waals surface area contributed by atoms with Gasteiger partial charge in [0.1, 0.15) is 6.04 Å². The molecule has 2 aliphatic heterocycles. The highest BCUT2D eigenvalue weighted by molar-refractivity contribution is 7.90. The number of amides is 3. The fourth-order valence-electron chi connectivity index (χ4n) is 3.06. The van der Waals surface area contributed by atoms with E-state index in [2.05, 4.69) is 6.92 Å². The molecule has 0 aromatic heterocycles. The van der Waals surface area contributed by atoms with Crippen molar-refractivity contribution in [3.8, 4) is 0 Å². The highest BCUT2D eigenvalue weighted by Gasteiger charge is 2.47. The van der Waals surface area contributed by atoms with Crippen LogP contribution in [0.5, 0.6) is 0 Å². The third kappa shape index (κ3) is 2.39. The molecule has 22 heavy (non-hydrogen) atoms. The van der Waals surface area contributed by atoms with Gasteiger partial charge in [0.25, 0.3) is 5.91 Å². The number of sulfone groups is 1. The van der Waals surface area contributed by atoms with E-state index in [1.807, 2.05) is 0 Å². The van der Waals surface area contributed by atoms with Crippen LogP contribution in [0.25, 0.3) is 0 Å². The highest BCUT2D eigenvalue weighted by atomic mass is 32.2. The first-order chi connectivity index (χ1) is 10.3. The van der Waals surface area contributed by atoms with Gasteiger partial charge in [-0.1, -0.05) is 6.92 Å². The Morgan fingerprint density at radius 2 is 1.77 bits per heavy atom. The second-order valence-electron chi connectivity index (χ2n) is 6.06. The lowest BCUT2D eigenvalue weighted by molar-refractivity contribution is -0.120. The van der Waals surface area contributed by atoms with Crippen molar-refractivity contribution in [2.24, 2.45) is 5.92 Å². The van der Waals surface area contributed by atoms with Gasteiger partial charge in [-0.25, -0.2) is 18.1 Å². The number of benzene rings is 1. The third-order valence-electron chi connectivity index (χ3n) is 4.33. The molecule has 0 N–H and O–H groups in total. The second kappa shape index (κ2) is 5.08. The Bertz CT molecular complexity index is 726. The van der Waals surface area contributed by atoms with E-state index in [9.17, 15) is 18.0 Å². The molecule has 3 amide bonds. The van der Waals surface area contributed by atoms with E-state index in [4.69, 9.17) is 0 Å². The molecular weight excluding hydrogens is 304 g/mol. The number of carbonyl (C=O) groups excluding carboxylic acids is 2. The molecule has 0 radical (unpaired) electrons. The summed E-state index contributed by atoms with van der Waals surface area (Å²) in [5.41, 5.74) is 0.421. The number of anilines is 1. The number of imide groups is 1. The van der Waals surface area contributed by atoms with Crippen molar-refractivity contribution in [2.75, 3.05) is 17.7 Å². The first-order valence-electron chi connectivity index (χ1n) is 7.23. The molecular formula is C15H18N2O4S. The standard InChI is InChI=1S/C15H18N2O4S/c1-10-7-8-16-13(9-10)14(18)17(15(16)19)11-3-5-12(6-4-11)22(2,20)21/h3-6,10,13H,7-9H2,1-2H3/t10-,13+/m0/s1. The minimum atomic E-state index is -3.30. The van der Waals surface area contributed by atoms with Gasteiger partial charge in [0.05, 0.1) is 10.6 Å². The Morgan fingerprint density at radius 1 is 1.14 bits per heavy atom. The zero-order valence-electron chi connectivity index (χ0n) is 12.5. The predicted molar refractivity (Wildman–Crippen MR) is 81.3 cm³/mol. The highest BCUT2D eigenvalue weighted by Crippen LogP contribution is 2.33. The lowest BCUT2D eigenvalue weighted by Crippen LogP contribution is -2.41. The van der Waals surface area contributed by atoms with Gasteiger partial charge in [0.15, 0.2) is 9.84 Å². The van der Waals surface area contributed by atoms with E-state index < -0.39 is 9.84 Å². The lowest BCUT2D eigenvalue weighted by atomic mass is 9.93. The first kappa shape index (κ1) is 15.0. The quantitative estimate of drug-likeness (QED) is 0.776. The number of hydrogen-bond acceptors (Lipinski definition) is 4. The van der Waals surface area contributed by atoms with Gasteiger partial charge in [0.2, 0.25) is 0 Å². The van der Waals surface area contributed by atoms with Crippen molar-refractivity contribution >= 4 is 27.5 Å². The SMILES string of the molecule is C[C@H]1CCN2C(=O)N(c3ccc(S(C)(=O)=O)cc3)C(=O)[C@H]2C1. The monoisotopic (exact) mass is 322 g/mol. The van der Waals surface area contributed by atoms with Crippen LogP contribution in [-0.4, -0.2) is 44.1 Å². The predicted octanol–water partition coefficient (Wildman–Crippen LogP) is 1.66. The van der Waals surface area contributed by atoms with Crippen LogP contribution in [0.4, 0.5) is 10.5 Å². The summed E-state index contributed by atoms with van der Waals surface area (Å²) in [5.74, 6) is 0.203. The summed E-state index contributed by atoms with van der Waals surface area (Å²) in [6, 6.07) is 5.16. The van der Waals surface area contributed by atoms with Crippen molar-refractivity contribution in [3.05, 3.63) is 24.3 Å². The minimum absolute atomic E-state index is 0.168. The van der Waals surface area contributed by atoms with Gasteiger partial charge in [-0.3, -0.25) is 4.79 Å². The molecule has 0 bridgehead atoms. The number of piperidine rings is 1. The smallest absolute Gasteiger partial charge is 0.312 e. The molecule has 118 valence electrons. The Morgan fingerprint density at radius 3 is 2.36 bits per heavy atom. The normalized spacial score (nSPS) is 25.5. The summed E-state index contributed by atoms with van der Waals surface area (Å²) >= 11 is 0. The van der Waals surface area contributed by atoms with E-state index in [-0.39, 0.29) is 22.9 Å². The third-order valence-corrected chi connectivity index (χ3v) is 5.46. The van der Waals surface area contributed by atoms with E-state index in [0.717, 1.165) is 17.6 Å². The summed E-state index contributed by atoms with van der Waals surface area (Å²) < 4.78 is 23.0. The van der Waals surface area contributed by atoms with Crippen molar-refractivity contribution in [1.29, 1.82) is 0 Å². The number of hydrogen-bond donors (Lipinski definition) is 0. The molecule has 0 aliphatic carbocycles.